The van der Waals surface area contributed by atoms with E-state index in [0.717, 1.165) is 11.4 Å². The van der Waals surface area contributed by atoms with Crippen LogP contribution in [0.1, 0.15) is 19.1 Å². The Morgan fingerprint density at radius 2 is 2.41 bits per heavy atom. The third-order valence-corrected chi connectivity index (χ3v) is 4.60. The average Bonchev–Trinajstić information content (AvgIpc) is 2.72. The molecule has 90 valence electrons. The third kappa shape index (κ3) is 1.12. The first-order valence-corrected chi connectivity index (χ1v) is 6.33. The zero-order valence-electron chi connectivity index (χ0n) is 10.3. The molecular weight excluding hydrogens is 210 g/mol. The monoisotopic (exact) mass is 229 g/mol. The van der Waals surface area contributed by atoms with Crippen molar-refractivity contribution < 1.29 is 1.43 Å². The quantitative estimate of drug-likeness (QED) is 0.814. The largest absolute Gasteiger partial charge is 0.305 e. The maximum Gasteiger partial charge on any atom is 0.0953 e. The van der Waals surface area contributed by atoms with Crippen LogP contribution in [0.5, 0.6) is 0 Å². The van der Waals surface area contributed by atoms with Crippen LogP contribution in [-0.4, -0.2) is 35.2 Å². The molecule has 3 nitrogen and oxygen atoms in total. The van der Waals surface area contributed by atoms with Gasteiger partial charge in [-0.15, -0.1) is 0 Å². The number of nitrogens with zero attached hydrogens (tertiary/aromatic N) is 2. The fraction of sp³-hybridized carbons (Fsp3) is 0.500. The van der Waals surface area contributed by atoms with Gasteiger partial charge in [0.25, 0.3) is 0 Å². The first kappa shape index (κ1) is 9.66. The van der Waals surface area contributed by atoms with Gasteiger partial charge in [-0.3, -0.25) is 5.10 Å². The highest BCUT2D eigenvalue weighted by Crippen LogP contribution is 2.59. The summed E-state index contributed by atoms with van der Waals surface area (Å²) in [5.74, 6) is 0.844. The highest BCUT2D eigenvalue weighted by molar-refractivity contribution is 5.85. The van der Waals surface area contributed by atoms with E-state index in [1.54, 1.807) is 0 Å². The first-order chi connectivity index (χ1) is 8.21. The number of para-hydroxylation sites is 1. The van der Waals surface area contributed by atoms with Crippen LogP contribution in [0, 0.1) is 12.8 Å². The zero-order chi connectivity index (χ0) is 11.6. The van der Waals surface area contributed by atoms with E-state index in [2.05, 4.69) is 47.3 Å². The van der Waals surface area contributed by atoms with E-state index < -0.39 is 0 Å². The van der Waals surface area contributed by atoms with Crippen molar-refractivity contribution in [2.45, 2.75) is 18.8 Å². The lowest BCUT2D eigenvalue weighted by atomic mass is 9.97. The molecule has 0 bridgehead atoms. The van der Waals surface area contributed by atoms with Gasteiger partial charge in [-0.25, -0.2) is 0 Å². The smallest absolute Gasteiger partial charge is 0.0953 e. The van der Waals surface area contributed by atoms with Crippen LogP contribution >= 0.6 is 0 Å². The third-order valence-electron chi connectivity index (χ3n) is 4.60. The van der Waals surface area contributed by atoms with Crippen LogP contribution in [0.2, 0.25) is 0 Å². The Morgan fingerprint density at radius 1 is 1.53 bits per heavy atom. The minimum atomic E-state index is 0. The molecule has 2 aliphatic rings. The lowest BCUT2D eigenvalue weighted by Crippen LogP contribution is -2.22. The van der Waals surface area contributed by atoms with E-state index in [9.17, 15) is 0 Å². The maximum atomic E-state index is 4.52. The van der Waals surface area contributed by atoms with Crippen molar-refractivity contribution >= 4 is 10.9 Å². The van der Waals surface area contributed by atoms with Gasteiger partial charge in [0.1, 0.15) is 0 Å². The number of fused-ring (bicyclic) bond motifs is 2. The molecule has 0 spiro atoms. The van der Waals surface area contributed by atoms with Crippen LogP contribution in [0.15, 0.2) is 18.2 Å². The number of piperidine rings is 1. The van der Waals surface area contributed by atoms with Gasteiger partial charge in [0, 0.05) is 25.3 Å². The fourth-order valence-corrected chi connectivity index (χ4v) is 3.68. The zero-order valence-corrected chi connectivity index (χ0v) is 10.3. The predicted molar refractivity (Wildman–Crippen MR) is 70.2 cm³/mol. The molecule has 17 heavy (non-hydrogen) atoms. The second-order valence-corrected chi connectivity index (χ2v) is 5.82. The highest BCUT2D eigenvalue weighted by Gasteiger charge is 2.61. The van der Waals surface area contributed by atoms with Gasteiger partial charge >= 0.3 is 0 Å². The minimum Gasteiger partial charge on any atom is -0.305 e. The van der Waals surface area contributed by atoms with Crippen molar-refractivity contribution in [2.75, 3.05) is 20.1 Å². The van der Waals surface area contributed by atoms with E-state index in [-0.39, 0.29) is 1.43 Å². The van der Waals surface area contributed by atoms with E-state index in [4.69, 9.17) is 0 Å². The Kier molecular flexibility index (Phi) is 1.65. The number of rotatable bonds is 1. The summed E-state index contributed by atoms with van der Waals surface area (Å²) in [7, 11) is 2.22. The molecule has 2 fully saturated rings. The van der Waals surface area contributed by atoms with Crippen molar-refractivity contribution in [1.82, 2.24) is 15.1 Å². The van der Waals surface area contributed by atoms with Crippen molar-refractivity contribution in [3.63, 3.8) is 0 Å². The molecule has 2 heterocycles. The molecule has 1 aromatic carbocycles. The van der Waals surface area contributed by atoms with Gasteiger partial charge < -0.3 is 4.90 Å². The lowest BCUT2D eigenvalue weighted by molar-refractivity contribution is 0.362. The molecule has 1 N–H and O–H groups in total. The molecule has 2 unspecified atom stereocenters. The summed E-state index contributed by atoms with van der Waals surface area (Å²) in [6.45, 7) is 4.56. The van der Waals surface area contributed by atoms with E-state index in [0.29, 0.717) is 5.41 Å². The molecule has 3 heteroatoms. The number of H-pyrrole nitrogens is 1. The molecule has 1 aliphatic heterocycles. The molecule has 2 aromatic rings. The fourth-order valence-electron chi connectivity index (χ4n) is 3.68. The summed E-state index contributed by atoms with van der Waals surface area (Å²) >= 11 is 0. The molecule has 1 saturated heterocycles. The van der Waals surface area contributed by atoms with E-state index in [1.165, 1.54) is 36.2 Å². The number of aryl methyl sites for hydroxylation is 1. The van der Waals surface area contributed by atoms with Crippen molar-refractivity contribution in [2.24, 2.45) is 5.92 Å². The predicted octanol–water partition coefficient (Wildman–Crippen LogP) is 2.32. The SMILES string of the molecule is Cc1cccc2c(C34CC3CN(C)C4)[nH]nc12.[HH]. The molecule has 2 atom stereocenters. The second-order valence-electron chi connectivity index (χ2n) is 5.82. The van der Waals surface area contributed by atoms with Gasteiger partial charge in [-0.2, -0.15) is 5.10 Å². The van der Waals surface area contributed by atoms with Crippen LogP contribution in [-0.2, 0) is 5.41 Å². The standard InChI is InChI=1S/C14H17N3.H2/c1-9-4-3-5-11-12(9)15-16-13(11)14-6-10(14)7-17(2)8-14;/h3-5,10H,6-8H2,1-2H3,(H,15,16);1H. The number of likely N-dealkylation sites (N-methyl/N-ethyl adjacent to an activating group) is 1. The van der Waals surface area contributed by atoms with Crippen LogP contribution in [0.4, 0.5) is 0 Å². The summed E-state index contributed by atoms with van der Waals surface area (Å²) < 4.78 is 0. The van der Waals surface area contributed by atoms with Gasteiger partial charge in [-0.1, -0.05) is 18.2 Å². The first-order valence-electron chi connectivity index (χ1n) is 6.33. The number of nitrogens with one attached hydrogen (secondary N) is 1. The molecule has 1 aromatic heterocycles. The highest BCUT2D eigenvalue weighted by atomic mass is 15.2. The Labute approximate surface area is 102 Å². The molecule has 4 rings (SSSR count). The number of hydrogen-bond acceptors (Lipinski definition) is 2. The van der Waals surface area contributed by atoms with Gasteiger partial charge in [0.2, 0.25) is 0 Å². The maximum absolute atomic E-state index is 4.52. The number of likely N-dealkylation sites (tertiary alicyclic amines) is 1. The van der Waals surface area contributed by atoms with Crippen LogP contribution in [0.25, 0.3) is 10.9 Å². The number of benzene rings is 1. The average molecular weight is 229 g/mol. The minimum absolute atomic E-state index is 0. The second kappa shape index (κ2) is 2.91. The van der Waals surface area contributed by atoms with E-state index >= 15 is 0 Å². The summed E-state index contributed by atoms with van der Waals surface area (Å²) in [6, 6.07) is 6.49. The van der Waals surface area contributed by atoms with Gasteiger partial charge in [0.15, 0.2) is 0 Å². The lowest BCUT2D eigenvalue weighted by Gasteiger charge is -2.14. The number of aromatic nitrogens is 2. The number of hydrogen-bond donors (Lipinski definition) is 1. The Hall–Kier alpha value is -1.35. The molecular formula is C14H19N3. The summed E-state index contributed by atoms with van der Waals surface area (Å²) in [4.78, 5) is 2.44. The molecule has 0 radical (unpaired) electrons. The Bertz CT molecular complexity index is 606. The van der Waals surface area contributed by atoms with Crippen LogP contribution < -0.4 is 0 Å². The van der Waals surface area contributed by atoms with Gasteiger partial charge in [0.05, 0.1) is 11.2 Å². The van der Waals surface area contributed by atoms with Crippen molar-refractivity contribution in [1.29, 1.82) is 0 Å². The van der Waals surface area contributed by atoms with E-state index in [1.807, 2.05) is 0 Å². The van der Waals surface area contributed by atoms with Crippen molar-refractivity contribution in [3.05, 3.63) is 29.5 Å². The van der Waals surface area contributed by atoms with Crippen LogP contribution in [0.3, 0.4) is 0 Å². The topological polar surface area (TPSA) is 31.9 Å². The molecule has 0 amide bonds. The van der Waals surface area contributed by atoms with Crippen molar-refractivity contribution in [3.8, 4) is 0 Å². The Morgan fingerprint density at radius 3 is 3.18 bits per heavy atom. The summed E-state index contributed by atoms with van der Waals surface area (Å²) in [5.41, 5.74) is 4.18. The van der Waals surface area contributed by atoms with Gasteiger partial charge in [-0.05, 0) is 31.9 Å². The number of aromatic amines is 1. The summed E-state index contributed by atoms with van der Waals surface area (Å²) in [5, 5.41) is 9.17. The summed E-state index contributed by atoms with van der Waals surface area (Å²) in [6.07, 6.45) is 1.34. The normalized spacial score (nSPS) is 32.0. The molecule has 1 saturated carbocycles. The Balaban J connectivity index is 0.000001000. The molecule has 1 aliphatic carbocycles.